The summed E-state index contributed by atoms with van der Waals surface area (Å²) < 4.78 is 12.5. The molecule has 13 heteroatoms. The monoisotopic (exact) mass is 606 g/mol. The first-order valence-corrected chi connectivity index (χ1v) is 15.1. The van der Waals surface area contributed by atoms with Crippen molar-refractivity contribution in [3.8, 4) is 0 Å². The molecule has 0 unspecified atom stereocenters. The maximum atomic E-state index is 13.6. The molecule has 236 valence electrons. The highest BCUT2D eigenvalue weighted by Gasteiger charge is 2.27. The fourth-order valence-corrected chi connectivity index (χ4v) is 5.42. The molecule has 4 heterocycles. The van der Waals surface area contributed by atoms with Crippen LogP contribution in [0.4, 0.5) is 32.7 Å². The lowest BCUT2D eigenvalue weighted by Crippen LogP contribution is -2.50. The van der Waals surface area contributed by atoms with Gasteiger partial charge in [-0.15, -0.1) is 0 Å². The molecule has 5 rings (SSSR count). The summed E-state index contributed by atoms with van der Waals surface area (Å²) in [5.41, 5.74) is 0.0258. The van der Waals surface area contributed by atoms with Gasteiger partial charge in [-0.1, -0.05) is 12.8 Å². The Morgan fingerprint density at radius 3 is 2.20 bits per heavy atom. The molecule has 0 spiro atoms. The van der Waals surface area contributed by atoms with E-state index in [9.17, 15) is 14.4 Å². The van der Waals surface area contributed by atoms with Crippen molar-refractivity contribution in [2.75, 3.05) is 41.7 Å². The van der Waals surface area contributed by atoms with E-state index in [0.29, 0.717) is 49.0 Å². The molecular formula is C31H42N8O5. The Morgan fingerprint density at radius 1 is 0.909 bits per heavy atom. The normalized spacial score (nSPS) is 16.2. The van der Waals surface area contributed by atoms with Crippen LogP contribution in [0.3, 0.4) is 0 Å². The number of hydrogen-bond acceptors (Lipinski definition) is 10. The van der Waals surface area contributed by atoms with Crippen LogP contribution in [0.1, 0.15) is 73.3 Å². The van der Waals surface area contributed by atoms with Gasteiger partial charge in [-0.2, -0.15) is 4.98 Å². The molecule has 3 aromatic heterocycles. The van der Waals surface area contributed by atoms with Gasteiger partial charge in [-0.05, 0) is 72.6 Å². The van der Waals surface area contributed by atoms with Crippen LogP contribution >= 0.6 is 0 Å². The number of fused-ring (bicyclic) bond motifs is 1. The molecule has 2 N–H and O–H groups in total. The van der Waals surface area contributed by atoms with Crippen LogP contribution in [-0.4, -0.2) is 74.0 Å². The van der Waals surface area contributed by atoms with Gasteiger partial charge >= 0.3 is 12.2 Å². The number of carbonyl (C=O) groups excluding carboxylic acids is 2. The van der Waals surface area contributed by atoms with Gasteiger partial charge in [0.25, 0.3) is 5.56 Å². The predicted octanol–water partition coefficient (Wildman–Crippen LogP) is 5.45. The van der Waals surface area contributed by atoms with Gasteiger partial charge < -0.3 is 24.6 Å². The molecule has 2 aliphatic rings. The molecule has 0 bridgehead atoms. The number of piperazine rings is 1. The number of nitrogens with zero attached hydrogens (tertiary/aromatic N) is 6. The molecule has 1 saturated heterocycles. The summed E-state index contributed by atoms with van der Waals surface area (Å²) >= 11 is 0. The van der Waals surface area contributed by atoms with E-state index in [0.717, 1.165) is 31.4 Å². The van der Waals surface area contributed by atoms with Gasteiger partial charge in [0.15, 0.2) is 0 Å². The molecule has 2 amide bonds. The van der Waals surface area contributed by atoms with Gasteiger partial charge in [-0.25, -0.2) is 19.6 Å². The minimum absolute atomic E-state index is 0.0265. The fraction of sp³-hybridized carbons (Fsp3) is 0.548. The number of carbonyl (C=O) groups is 2. The van der Waals surface area contributed by atoms with Crippen LogP contribution in [0.25, 0.3) is 11.0 Å². The van der Waals surface area contributed by atoms with Crippen molar-refractivity contribution in [2.45, 2.75) is 84.5 Å². The number of hydrogen-bond donors (Lipinski definition) is 2. The summed E-state index contributed by atoms with van der Waals surface area (Å²) in [6.07, 6.45) is 6.17. The molecule has 1 aliphatic carbocycles. The SMILES string of the molecule is CC(C)(C)OC(=O)Nc1cc2cnc(Nc3ccc(N4CCN(C(=O)OC(C)(C)C)CC4)cn3)nc2n(C2CCCC2)c1=O. The highest BCUT2D eigenvalue weighted by molar-refractivity contribution is 5.88. The average Bonchev–Trinajstić information content (AvgIpc) is 3.47. The van der Waals surface area contributed by atoms with Crippen molar-refractivity contribution in [3.05, 3.63) is 40.9 Å². The van der Waals surface area contributed by atoms with E-state index < -0.39 is 17.3 Å². The van der Waals surface area contributed by atoms with Crippen molar-refractivity contribution >= 4 is 46.4 Å². The van der Waals surface area contributed by atoms with E-state index in [1.54, 1.807) is 48.7 Å². The molecule has 0 aromatic carbocycles. The smallest absolute Gasteiger partial charge is 0.412 e. The number of amides is 2. The summed E-state index contributed by atoms with van der Waals surface area (Å²) in [5, 5.41) is 6.40. The Hall–Kier alpha value is -4.42. The van der Waals surface area contributed by atoms with E-state index in [1.807, 2.05) is 32.9 Å². The standard InChI is InChI=1S/C31H42N8O5/c1-30(2,3)43-28(41)34-23-17-20-18-33-27(36-25(20)39(26(23)40)21-9-7-8-10-21)35-24-12-11-22(19-32-24)37-13-15-38(16-14-37)29(42)44-31(4,5)6/h11-12,17-19,21H,7-10,13-16H2,1-6H3,(H,34,41)(H,32,33,35,36). The van der Waals surface area contributed by atoms with Crippen LogP contribution in [0.15, 0.2) is 35.4 Å². The first kappa shape index (κ1) is 31.0. The zero-order chi connectivity index (χ0) is 31.6. The van der Waals surface area contributed by atoms with E-state index >= 15 is 0 Å². The van der Waals surface area contributed by atoms with Crippen LogP contribution < -0.4 is 21.1 Å². The molecule has 44 heavy (non-hydrogen) atoms. The van der Waals surface area contributed by atoms with Crippen LogP contribution in [0.5, 0.6) is 0 Å². The van der Waals surface area contributed by atoms with Gasteiger partial charge in [0.1, 0.15) is 28.4 Å². The minimum atomic E-state index is -0.696. The Labute approximate surface area is 257 Å². The maximum Gasteiger partial charge on any atom is 0.412 e. The Balaban J connectivity index is 1.31. The van der Waals surface area contributed by atoms with E-state index in [4.69, 9.17) is 14.5 Å². The number of pyridine rings is 2. The fourth-order valence-electron chi connectivity index (χ4n) is 5.42. The summed E-state index contributed by atoms with van der Waals surface area (Å²) in [4.78, 5) is 56.1. The number of nitrogens with one attached hydrogen (secondary N) is 2. The summed E-state index contributed by atoms with van der Waals surface area (Å²) in [6, 6.07) is 5.37. The van der Waals surface area contributed by atoms with Crippen LogP contribution in [0.2, 0.25) is 0 Å². The largest absolute Gasteiger partial charge is 0.444 e. The third kappa shape index (κ3) is 7.56. The lowest BCUT2D eigenvalue weighted by molar-refractivity contribution is 0.0240. The van der Waals surface area contributed by atoms with E-state index in [2.05, 4.69) is 25.5 Å². The molecule has 0 radical (unpaired) electrons. The first-order valence-electron chi connectivity index (χ1n) is 15.1. The minimum Gasteiger partial charge on any atom is -0.444 e. The second kappa shape index (κ2) is 12.3. The number of aromatic nitrogens is 4. The summed E-state index contributed by atoms with van der Waals surface area (Å²) in [6.45, 7) is 13.4. The van der Waals surface area contributed by atoms with Gasteiger partial charge in [0, 0.05) is 43.8 Å². The molecule has 13 nitrogen and oxygen atoms in total. The highest BCUT2D eigenvalue weighted by Crippen LogP contribution is 2.31. The van der Waals surface area contributed by atoms with Gasteiger partial charge in [0.2, 0.25) is 5.95 Å². The number of anilines is 4. The Kier molecular flexibility index (Phi) is 8.66. The van der Waals surface area contributed by atoms with Crippen molar-refractivity contribution < 1.29 is 19.1 Å². The molecule has 2 fully saturated rings. The van der Waals surface area contributed by atoms with Gasteiger partial charge in [0.05, 0.1) is 11.9 Å². The molecule has 1 aliphatic heterocycles. The maximum absolute atomic E-state index is 13.6. The summed E-state index contributed by atoms with van der Waals surface area (Å²) in [7, 11) is 0. The molecule has 0 atom stereocenters. The van der Waals surface area contributed by atoms with E-state index in [-0.39, 0.29) is 23.4 Å². The molecule has 1 saturated carbocycles. The van der Waals surface area contributed by atoms with Crippen molar-refractivity contribution in [1.82, 2.24) is 24.4 Å². The molecular weight excluding hydrogens is 564 g/mol. The average molecular weight is 607 g/mol. The van der Waals surface area contributed by atoms with Crippen LogP contribution in [-0.2, 0) is 9.47 Å². The third-order valence-electron chi connectivity index (χ3n) is 7.38. The lowest BCUT2D eigenvalue weighted by atomic mass is 10.2. The first-order chi connectivity index (χ1) is 20.8. The second-order valence-corrected chi connectivity index (χ2v) is 13.3. The number of ether oxygens (including phenoxy) is 2. The molecule has 3 aromatic rings. The quantitative estimate of drug-likeness (QED) is 0.385. The third-order valence-corrected chi connectivity index (χ3v) is 7.38. The topological polar surface area (TPSA) is 144 Å². The van der Waals surface area contributed by atoms with Crippen LogP contribution in [0, 0.1) is 0 Å². The number of rotatable bonds is 5. The Morgan fingerprint density at radius 2 is 1.59 bits per heavy atom. The predicted molar refractivity (Wildman–Crippen MR) is 169 cm³/mol. The van der Waals surface area contributed by atoms with Crippen molar-refractivity contribution in [1.29, 1.82) is 0 Å². The lowest BCUT2D eigenvalue weighted by Gasteiger charge is -2.36. The van der Waals surface area contributed by atoms with Crippen molar-refractivity contribution in [3.63, 3.8) is 0 Å². The second-order valence-electron chi connectivity index (χ2n) is 13.3. The zero-order valence-corrected chi connectivity index (χ0v) is 26.3. The van der Waals surface area contributed by atoms with Gasteiger partial charge in [-0.3, -0.25) is 14.7 Å². The van der Waals surface area contributed by atoms with E-state index in [1.165, 1.54) is 0 Å². The zero-order valence-electron chi connectivity index (χ0n) is 26.3. The highest BCUT2D eigenvalue weighted by atomic mass is 16.6. The summed E-state index contributed by atoms with van der Waals surface area (Å²) in [5.74, 6) is 0.862. The Bertz CT molecular complexity index is 1560. The van der Waals surface area contributed by atoms with Crippen molar-refractivity contribution in [2.24, 2.45) is 0 Å².